The lowest BCUT2D eigenvalue weighted by Gasteiger charge is -2.00. The molecule has 0 saturated carbocycles. The number of aryl methyl sites for hydroxylation is 1. The molecule has 1 rings (SSSR count). The molecule has 13 heavy (non-hydrogen) atoms. The second-order valence-electron chi connectivity index (χ2n) is 2.72. The Balaban J connectivity index is 2.06. The van der Waals surface area contributed by atoms with Gasteiger partial charge in [-0.15, -0.1) is 11.3 Å². The van der Waals surface area contributed by atoms with E-state index in [0.29, 0.717) is 13.2 Å². The summed E-state index contributed by atoms with van der Waals surface area (Å²) in [6, 6.07) is 0. The van der Waals surface area contributed by atoms with E-state index in [4.69, 9.17) is 9.47 Å². The Labute approximate surface area is 82.7 Å². The first-order chi connectivity index (χ1) is 6.33. The van der Waals surface area contributed by atoms with Gasteiger partial charge in [0.05, 0.1) is 24.8 Å². The van der Waals surface area contributed by atoms with Gasteiger partial charge in [-0.2, -0.15) is 0 Å². The number of nitrogens with zero attached hydrogens (tertiary/aromatic N) is 1. The van der Waals surface area contributed by atoms with Crippen LogP contribution in [0.2, 0.25) is 0 Å². The molecule has 4 heteroatoms. The number of aromatic nitrogens is 1. The summed E-state index contributed by atoms with van der Waals surface area (Å²) in [5.41, 5.74) is 0. The van der Waals surface area contributed by atoms with Crippen LogP contribution in [0.25, 0.3) is 0 Å². The van der Waals surface area contributed by atoms with E-state index in [1.807, 2.05) is 6.20 Å². The van der Waals surface area contributed by atoms with Crippen LogP contribution in [0.4, 0.5) is 0 Å². The highest BCUT2D eigenvalue weighted by Crippen LogP contribution is 2.11. The predicted molar refractivity (Wildman–Crippen MR) is 53.3 cm³/mol. The fourth-order valence-electron chi connectivity index (χ4n) is 0.921. The molecule has 0 atom stereocenters. The van der Waals surface area contributed by atoms with Gasteiger partial charge in [0.15, 0.2) is 0 Å². The number of hydrogen-bond acceptors (Lipinski definition) is 4. The summed E-state index contributed by atoms with van der Waals surface area (Å²) in [5.74, 6) is 0. The summed E-state index contributed by atoms with van der Waals surface area (Å²) in [4.78, 5) is 5.50. The Hall–Kier alpha value is -0.450. The average molecular weight is 201 g/mol. The molecule has 0 radical (unpaired) electrons. The van der Waals surface area contributed by atoms with E-state index in [9.17, 15) is 0 Å². The SMILES string of the molecule is COCCOCCc1ncc(C)s1. The van der Waals surface area contributed by atoms with Crippen LogP contribution in [0.5, 0.6) is 0 Å². The Kier molecular flexibility index (Phi) is 4.97. The third-order valence-electron chi connectivity index (χ3n) is 1.56. The van der Waals surface area contributed by atoms with E-state index in [0.717, 1.165) is 18.0 Å². The zero-order chi connectivity index (χ0) is 9.52. The maximum absolute atomic E-state index is 5.33. The minimum atomic E-state index is 0.664. The Morgan fingerprint density at radius 2 is 2.23 bits per heavy atom. The molecule has 0 unspecified atom stereocenters. The standard InChI is InChI=1S/C9H15NO2S/c1-8-7-10-9(13-8)3-4-12-6-5-11-2/h7H,3-6H2,1-2H3. The first-order valence-corrected chi connectivity index (χ1v) is 5.12. The molecule has 0 aliphatic rings. The van der Waals surface area contributed by atoms with Gasteiger partial charge in [0.25, 0.3) is 0 Å². The third-order valence-corrected chi connectivity index (χ3v) is 2.53. The van der Waals surface area contributed by atoms with Crippen LogP contribution in [0.1, 0.15) is 9.88 Å². The average Bonchev–Trinajstić information content (AvgIpc) is 2.51. The van der Waals surface area contributed by atoms with Gasteiger partial charge in [0.2, 0.25) is 0 Å². The largest absolute Gasteiger partial charge is 0.382 e. The first-order valence-electron chi connectivity index (χ1n) is 4.31. The van der Waals surface area contributed by atoms with Gasteiger partial charge in [-0.05, 0) is 6.92 Å². The Bertz CT molecular complexity index is 237. The molecule has 0 spiro atoms. The predicted octanol–water partition coefficient (Wildman–Crippen LogP) is 1.66. The van der Waals surface area contributed by atoms with Gasteiger partial charge in [-0.25, -0.2) is 4.98 Å². The molecule has 0 aliphatic heterocycles. The van der Waals surface area contributed by atoms with Crippen molar-refractivity contribution in [2.75, 3.05) is 26.9 Å². The molecule has 3 nitrogen and oxygen atoms in total. The van der Waals surface area contributed by atoms with Gasteiger partial charge in [0.1, 0.15) is 0 Å². The number of ether oxygens (including phenoxy) is 2. The van der Waals surface area contributed by atoms with Crippen LogP contribution in [-0.2, 0) is 15.9 Å². The molecular weight excluding hydrogens is 186 g/mol. The minimum Gasteiger partial charge on any atom is -0.382 e. The lowest BCUT2D eigenvalue weighted by Crippen LogP contribution is -2.04. The highest BCUT2D eigenvalue weighted by Gasteiger charge is 1.97. The summed E-state index contributed by atoms with van der Waals surface area (Å²) in [7, 11) is 1.67. The maximum Gasteiger partial charge on any atom is 0.0950 e. The van der Waals surface area contributed by atoms with Crippen LogP contribution in [0, 0.1) is 6.92 Å². The number of hydrogen-bond donors (Lipinski definition) is 0. The van der Waals surface area contributed by atoms with E-state index in [1.165, 1.54) is 4.88 Å². The van der Waals surface area contributed by atoms with Crippen LogP contribution in [0.3, 0.4) is 0 Å². The number of rotatable bonds is 6. The smallest absolute Gasteiger partial charge is 0.0950 e. The van der Waals surface area contributed by atoms with Crippen LogP contribution in [-0.4, -0.2) is 31.9 Å². The molecule has 1 aromatic rings. The molecule has 0 fully saturated rings. The Morgan fingerprint density at radius 1 is 1.38 bits per heavy atom. The monoisotopic (exact) mass is 201 g/mol. The zero-order valence-electron chi connectivity index (χ0n) is 8.08. The highest BCUT2D eigenvalue weighted by molar-refractivity contribution is 7.11. The van der Waals surface area contributed by atoms with Crippen LogP contribution < -0.4 is 0 Å². The molecule has 1 heterocycles. The molecule has 0 N–H and O–H groups in total. The molecule has 0 bridgehead atoms. The number of thiazole rings is 1. The molecular formula is C9H15NO2S. The quantitative estimate of drug-likeness (QED) is 0.656. The molecule has 0 saturated heterocycles. The third kappa shape index (κ3) is 4.36. The van der Waals surface area contributed by atoms with Gasteiger partial charge in [-0.1, -0.05) is 0 Å². The summed E-state index contributed by atoms with van der Waals surface area (Å²) in [5, 5.41) is 1.15. The molecule has 0 amide bonds. The van der Waals surface area contributed by atoms with E-state index in [2.05, 4.69) is 11.9 Å². The van der Waals surface area contributed by atoms with Crippen molar-refractivity contribution in [2.45, 2.75) is 13.3 Å². The Morgan fingerprint density at radius 3 is 2.85 bits per heavy atom. The highest BCUT2D eigenvalue weighted by atomic mass is 32.1. The van der Waals surface area contributed by atoms with E-state index in [1.54, 1.807) is 18.4 Å². The first kappa shape index (κ1) is 10.6. The van der Waals surface area contributed by atoms with E-state index in [-0.39, 0.29) is 0 Å². The van der Waals surface area contributed by atoms with Crippen LogP contribution in [0.15, 0.2) is 6.20 Å². The molecule has 0 aromatic carbocycles. The second-order valence-corrected chi connectivity index (χ2v) is 4.04. The summed E-state index contributed by atoms with van der Waals surface area (Å²) in [6.45, 7) is 4.13. The molecule has 0 aliphatic carbocycles. The van der Waals surface area contributed by atoms with Crippen molar-refractivity contribution >= 4 is 11.3 Å². The minimum absolute atomic E-state index is 0.664. The van der Waals surface area contributed by atoms with E-state index < -0.39 is 0 Å². The summed E-state index contributed by atoms with van der Waals surface area (Å²) < 4.78 is 10.2. The van der Waals surface area contributed by atoms with Crippen LogP contribution >= 0.6 is 11.3 Å². The van der Waals surface area contributed by atoms with Crippen molar-refractivity contribution in [1.82, 2.24) is 4.98 Å². The fourth-order valence-corrected chi connectivity index (χ4v) is 1.69. The van der Waals surface area contributed by atoms with Gasteiger partial charge in [0, 0.05) is 24.6 Å². The summed E-state index contributed by atoms with van der Waals surface area (Å²) in [6.07, 6.45) is 2.80. The van der Waals surface area contributed by atoms with Crippen molar-refractivity contribution in [1.29, 1.82) is 0 Å². The van der Waals surface area contributed by atoms with Crippen molar-refractivity contribution in [3.8, 4) is 0 Å². The topological polar surface area (TPSA) is 31.4 Å². The van der Waals surface area contributed by atoms with Crippen molar-refractivity contribution in [3.63, 3.8) is 0 Å². The van der Waals surface area contributed by atoms with Crippen molar-refractivity contribution in [2.24, 2.45) is 0 Å². The number of methoxy groups -OCH3 is 1. The normalized spacial score (nSPS) is 10.6. The maximum atomic E-state index is 5.33. The van der Waals surface area contributed by atoms with Gasteiger partial charge in [-0.3, -0.25) is 0 Å². The van der Waals surface area contributed by atoms with Crippen molar-refractivity contribution < 1.29 is 9.47 Å². The second kappa shape index (κ2) is 6.07. The fraction of sp³-hybridized carbons (Fsp3) is 0.667. The lowest BCUT2D eigenvalue weighted by atomic mass is 10.5. The zero-order valence-corrected chi connectivity index (χ0v) is 8.89. The molecule has 74 valence electrons. The van der Waals surface area contributed by atoms with E-state index >= 15 is 0 Å². The van der Waals surface area contributed by atoms with Gasteiger partial charge < -0.3 is 9.47 Å². The van der Waals surface area contributed by atoms with Crippen molar-refractivity contribution in [3.05, 3.63) is 16.1 Å². The van der Waals surface area contributed by atoms with Gasteiger partial charge >= 0.3 is 0 Å². The summed E-state index contributed by atoms with van der Waals surface area (Å²) >= 11 is 1.73. The molecule has 1 aromatic heterocycles. The lowest BCUT2D eigenvalue weighted by molar-refractivity contribution is 0.0722.